The molecule has 0 aliphatic carbocycles. The molecule has 0 saturated carbocycles. The Morgan fingerprint density at radius 3 is 2.48 bits per heavy atom. The average Bonchev–Trinajstić information content (AvgIpc) is 2.98. The van der Waals surface area contributed by atoms with Crippen LogP contribution in [0.1, 0.15) is 17.0 Å². The molecule has 3 aromatic heterocycles. The van der Waals surface area contributed by atoms with Crippen LogP contribution in [0.4, 0.5) is 13.2 Å². The minimum absolute atomic E-state index is 0.0970. The van der Waals surface area contributed by atoms with E-state index in [1.807, 2.05) is 30.3 Å². The Morgan fingerprint density at radius 2 is 1.76 bits per heavy atom. The summed E-state index contributed by atoms with van der Waals surface area (Å²) in [5.74, 6) is 0. The summed E-state index contributed by atoms with van der Waals surface area (Å²) in [4.78, 5) is 8.62. The maximum Gasteiger partial charge on any atom is 0.435 e. The van der Waals surface area contributed by atoms with Crippen molar-refractivity contribution in [2.45, 2.75) is 20.0 Å². The van der Waals surface area contributed by atoms with Gasteiger partial charge < -0.3 is 0 Å². The summed E-state index contributed by atoms with van der Waals surface area (Å²) in [6, 6.07) is 9.90. The SMILES string of the molecule is Cc1nc2c(C)c(-c3cc4ccccc4s3)nnc2nc1C(F)(F)F. The van der Waals surface area contributed by atoms with Crippen LogP contribution in [-0.4, -0.2) is 20.2 Å². The Morgan fingerprint density at radius 1 is 1.00 bits per heavy atom. The van der Waals surface area contributed by atoms with Crippen LogP contribution in [0, 0.1) is 13.8 Å². The Hall–Kier alpha value is -2.61. The van der Waals surface area contributed by atoms with Crippen molar-refractivity contribution in [3.8, 4) is 10.6 Å². The van der Waals surface area contributed by atoms with Crippen LogP contribution in [0.2, 0.25) is 0 Å². The predicted molar refractivity (Wildman–Crippen MR) is 90.4 cm³/mol. The average molecular weight is 360 g/mol. The molecule has 0 saturated heterocycles. The third-order valence-corrected chi connectivity index (χ3v) is 5.06. The summed E-state index contributed by atoms with van der Waals surface area (Å²) in [7, 11) is 0. The van der Waals surface area contributed by atoms with E-state index >= 15 is 0 Å². The molecule has 3 heterocycles. The highest BCUT2D eigenvalue weighted by Crippen LogP contribution is 2.36. The van der Waals surface area contributed by atoms with Gasteiger partial charge in [0, 0.05) is 10.3 Å². The van der Waals surface area contributed by atoms with Crippen molar-refractivity contribution in [2.75, 3.05) is 0 Å². The molecule has 8 heteroatoms. The molecule has 0 bridgehead atoms. The summed E-state index contributed by atoms with van der Waals surface area (Å²) < 4.78 is 40.1. The smallest absolute Gasteiger partial charge is 0.247 e. The number of aryl methyl sites for hydroxylation is 2. The quantitative estimate of drug-likeness (QED) is 0.483. The van der Waals surface area contributed by atoms with E-state index in [9.17, 15) is 13.2 Å². The van der Waals surface area contributed by atoms with E-state index in [0.717, 1.165) is 15.0 Å². The Balaban J connectivity index is 1.93. The molecule has 4 nitrogen and oxygen atoms in total. The van der Waals surface area contributed by atoms with Crippen molar-refractivity contribution < 1.29 is 13.2 Å². The van der Waals surface area contributed by atoms with Gasteiger partial charge in [-0.15, -0.1) is 21.5 Å². The number of thiophene rings is 1. The van der Waals surface area contributed by atoms with Gasteiger partial charge in [-0.1, -0.05) is 18.2 Å². The third kappa shape index (κ3) is 2.62. The minimum Gasteiger partial charge on any atom is -0.247 e. The van der Waals surface area contributed by atoms with Gasteiger partial charge in [-0.05, 0) is 31.4 Å². The molecule has 0 aliphatic rings. The molecule has 0 amide bonds. The molecule has 0 radical (unpaired) electrons. The van der Waals surface area contributed by atoms with E-state index in [1.54, 1.807) is 18.3 Å². The topological polar surface area (TPSA) is 51.6 Å². The number of rotatable bonds is 1. The van der Waals surface area contributed by atoms with Gasteiger partial charge in [-0.2, -0.15) is 13.2 Å². The van der Waals surface area contributed by atoms with E-state index in [-0.39, 0.29) is 11.3 Å². The van der Waals surface area contributed by atoms with E-state index in [0.29, 0.717) is 16.8 Å². The fourth-order valence-electron chi connectivity index (χ4n) is 2.72. The van der Waals surface area contributed by atoms with Gasteiger partial charge in [0.25, 0.3) is 0 Å². The molecule has 1 aromatic carbocycles. The highest BCUT2D eigenvalue weighted by Gasteiger charge is 2.36. The van der Waals surface area contributed by atoms with E-state index in [1.165, 1.54) is 6.92 Å². The number of alkyl halides is 3. The first-order chi connectivity index (χ1) is 11.8. The lowest BCUT2D eigenvalue weighted by Gasteiger charge is -2.11. The van der Waals surface area contributed by atoms with Crippen LogP contribution in [0.3, 0.4) is 0 Å². The first-order valence-corrected chi connectivity index (χ1v) is 8.24. The van der Waals surface area contributed by atoms with Crippen LogP contribution in [-0.2, 0) is 6.18 Å². The van der Waals surface area contributed by atoms with Crippen molar-refractivity contribution in [1.82, 2.24) is 20.2 Å². The number of halogens is 3. The van der Waals surface area contributed by atoms with E-state index in [4.69, 9.17) is 0 Å². The first-order valence-electron chi connectivity index (χ1n) is 7.42. The standard InChI is InChI=1S/C17H11F3N4S/c1-8-13(12-7-10-5-3-4-6-11(10)25-12)23-24-16-14(8)21-9(2)15(22-16)17(18,19)20/h3-7H,1-2H3. The number of benzene rings is 1. The Kier molecular flexibility index (Phi) is 3.47. The summed E-state index contributed by atoms with van der Waals surface area (Å²) in [5.41, 5.74) is 0.331. The second-order valence-electron chi connectivity index (χ2n) is 5.65. The first kappa shape index (κ1) is 15.9. The molecule has 0 atom stereocenters. The zero-order valence-corrected chi connectivity index (χ0v) is 14.0. The fraction of sp³-hybridized carbons (Fsp3) is 0.176. The maximum atomic E-state index is 13.0. The fourth-order valence-corrected chi connectivity index (χ4v) is 3.82. The van der Waals surface area contributed by atoms with Crippen molar-refractivity contribution in [1.29, 1.82) is 0 Å². The molecule has 126 valence electrons. The highest BCUT2D eigenvalue weighted by molar-refractivity contribution is 7.22. The van der Waals surface area contributed by atoms with Gasteiger partial charge in [0.2, 0.25) is 5.65 Å². The minimum atomic E-state index is -4.56. The molecule has 4 aromatic rings. The lowest BCUT2D eigenvalue weighted by Crippen LogP contribution is -2.13. The van der Waals surface area contributed by atoms with Gasteiger partial charge in [0.05, 0.1) is 10.6 Å². The van der Waals surface area contributed by atoms with Gasteiger partial charge >= 0.3 is 6.18 Å². The normalized spacial score (nSPS) is 12.2. The van der Waals surface area contributed by atoms with Gasteiger partial charge in [0.1, 0.15) is 11.2 Å². The Bertz CT molecular complexity index is 1090. The maximum absolute atomic E-state index is 13.0. The summed E-state index contributed by atoms with van der Waals surface area (Å²) >= 11 is 1.55. The molecule has 0 aliphatic heterocycles. The van der Waals surface area contributed by atoms with E-state index < -0.39 is 11.9 Å². The number of fused-ring (bicyclic) bond motifs is 2. The molecule has 0 unspecified atom stereocenters. The molecule has 0 fully saturated rings. The van der Waals surface area contributed by atoms with Crippen molar-refractivity contribution in [3.05, 3.63) is 47.3 Å². The molecule has 4 rings (SSSR count). The van der Waals surface area contributed by atoms with Gasteiger partial charge in [-0.3, -0.25) is 0 Å². The number of hydrogen-bond acceptors (Lipinski definition) is 5. The zero-order chi connectivity index (χ0) is 17.8. The van der Waals surface area contributed by atoms with Gasteiger partial charge in [-0.25, -0.2) is 9.97 Å². The monoisotopic (exact) mass is 360 g/mol. The van der Waals surface area contributed by atoms with Crippen LogP contribution in [0.25, 0.3) is 31.8 Å². The number of aromatic nitrogens is 4. The van der Waals surface area contributed by atoms with Crippen molar-refractivity contribution in [2.24, 2.45) is 0 Å². The number of hydrogen-bond donors (Lipinski definition) is 0. The van der Waals surface area contributed by atoms with E-state index in [2.05, 4.69) is 20.2 Å². The lowest BCUT2D eigenvalue weighted by molar-refractivity contribution is -0.141. The second-order valence-corrected chi connectivity index (χ2v) is 6.73. The molecule has 0 N–H and O–H groups in total. The third-order valence-electron chi connectivity index (χ3n) is 3.93. The van der Waals surface area contributed by atoms with Crippen LogP contribution >= 0.6 is 11.3 Å². The predicted octanol–water partition coefficient (Wildman–Crippen LogP) is 4.94. The summed E-state index contributed by atoms with van der Waals surface area (Å²) in [5, 5.41) is 9.08. The highest BCUT2D eigenvalue weighted by atomic mass is 32.1. The number of nitrogens with zero attached hydrogens (tertiary/aromatic N) is 4. The van der Waals surface area contributed by atoms with Gasteiger partial charge in [0.15, 0.2) is 5.69 Å². The molecular formula is C17H11F3N4S. The van der Waals surface area contributed by atoms with Crippen molar-refractivity contribution in [3.63, 3.8) is 0 Å². The molecule has 0 spiro atoms. The van der Waals surface area contributed by atoms with Crippen LogP contribution in [0.15, 0.2) is 30.3 Å². The largest absolute Gasteiger partial charge is 0.435 e. The zero-order valence-electron chi connectivity index (χ0n) is 13.2. The lowest BCUT2D eigenvalue weighted by atomic mass is 10.1. The molecule has 25 heavy (non-hydrogen) atoms. The molecular weight excluding hydrogens is 349 g/mol. The van der Waals surface area contributed by atoms with Crippen LogP contribution < -0.4 is 0 Å². The Labute approximate surface area is 144 Å². The second kappa shape index (κ2) is 5.45. The van der Waals surface area contributed by atoms with Crippen LogP contribution in [0.5, 0.6) is 0 Å². The summed E-state index contributed by atoms with van der Waals surface area (Å²) in [6.07, 6.45) is -4.56. The van der Waals surface area contributed by atoms with Crippen molar-refractivity contribution >= 4 is 32.6 Å². The summed E-state index contributed by atoms with van der Waals surface area (Å²) in [6.45, 7) is 3.08.